The van der Waals surface area contributed by atoms with Crippen LogP contribution in [0.4, 0.5) is 0 Å². The number of halogens is 2. The molecule has 5 heteroatoms. The second-order valence-electron chi connectivity index (χ2n) is 2.84. The summed E-state index contributed by atoms with van der Waals surface area (Å²) in [5.74, 6) is 0.322. The summed E-state index contributed by atoms with van der Waals surface area (Å²) in [5, 5.41) is 10.2. The molecule has 0 spiro atoms. The van der Waals surface area contributed by atoms with E-state index in [0.717, 1.165) is 16.3 Å². The van der Waals surface area contributed by atoms with Crippen LogP contribution in [-0.4, -0.2) is 15.3 Å². The van der Waals surface area contributed by atoms with Crippen molar-refractivity contribution in [3.05, 3.63) is 30.2 Å². The number of phenolic OH excluding ortho intramolecular Hbond substituents is 1. The van der Waals surface area contributed by atoms with E-state index in [2.05, 4.69) is 10.2 Å². The van der Waals surface area contributed by atoms with Gasteiger partial charge in [0.25, 0.3) is 0 Å². The van der Waals surface area contributed by atoms with E-state index in [1.807, 2.05) is 20.8 Å². The van der Waals surface area contributed by atoms with E-state index >= 15 is 0 Å². The number of rotatable bonds is 0. The molecule has 1 nitrogen and oxygen atoms in total. The zero-order valence-electron chi connectivity index (χ0n) is 9.34. The van der Waals surface area contributed by atoms with Crippen molar-refractivity contribution >= 4 is 40.2 Å². The van der Waals surface area contributed by atoms with Gasteiger partial charge in [0.15, 0.2) is 0 Å². The Balaban J connectivity index is -0.000000151. The Labute approximate surface area is 123 Å². The molecule has 0 heterocycles. The fourth-order valence-electron chi connectivity index (χ4n) is 1.06. The molecule has 1 aromatic carbocycles. The number of aromatic hydroxyl groups is 1. The smallest absolute Gasteiger partial charge is 0.114 e. The molecule has 3 radical (unpaired) electrons. The van der Waals surface area contributed by atoms with Crippen molar-refractivity contribution in [2.75, 3.05) is 0 Å². The molecular weight excluding hydrogens is 283 g/mol. The molecule has 1 rings (SSSR count). The van der Waals surface area contributed by atoms with Crippen LogP contribution in [-0.2, 0) is 21.7 Å². The molecule has 0 aliphatic rings. The molecule has 0 aromatic heterocycles. The Hall–Kier alpha value is 0.531. The van der Waals surface area contributed by atoms with Crippen LogP contribution in [0.5, 0.6) is 5.75 Å². The van der Waals surface area contributed by atoms with Gasteiger partial charge in [0.05, 0.1) is 10.2 Å². The third-order valence-electron chi connectivity index (χ3n) is 2.14. The van der Waals surface area contributed by atoms with Crippen molar-refractivity contribution in [1.82, 2.24) is 0 Å². The molecule has 0 unspecified atom stereocenters. The molecular formula is C10H16Cl2OSiTi-. The summed E-state index contributed by atoms with van der Waals surface area (Å²) in [5.41, 5.74) is 3.47. The second-order valence-corrected chi connectivity index (χ2v) is 3.34. The summed E-state index contributed by atoms with van der Waals surface area (Å²) >= 11 is 0. The van der Waals surface area contributed by atoms with Crippen LogP contribution in [0.1, 0.15) is 16.7 Å². The maximum atomic E-state index is 9.36. The van der Waals surface area contributed by atoms with E-state index in [9.17, 15) is 5.11 Å². The number of benzene rings is 1. The van der Waals surface area contributed by atoms with E-state index in [-0.39, 0.29) is 54.0 Å². The van der Waals surface area contributed by atoms with Crippen molar-refractivity contribution in [2.24, 2.45) is 0 Å². The standard InChI is InChI=1S/C9H11OSi.CH3.2ClH.Ti/c1-5-4-8(10)9(11)7(3)6(5)2;;;;/h4,10H,1-3H3;1H3;2*1H;/q;-1;;;. The third-order valence-corrected chi connectivity index (χ3v) is 2.77. The first-order chi connectivity index (χ1) is 5.04. The topological polar surface area (TPSA) is 20.2 Å². The average Bonchev–Trinajstić information content (AvgIpc) is 1.97. The van der Waals surface area contributed by atoms with Gasteiger partial charge in [0.1, 0.15) is 5.75 Å². The first-order valence-corrected chi connectivity index (χ1v) is 4.05. The zero-order valence-corrected chi connectivity index (χ0v) is 13.5. The van der Waals surface area contributed by atoms with Gasteiger partial charge in [-0.2, -0.15) is 0 Å². The number of hydrogen-bond acceptors (Lipinski definition) is 1. The van der Waals surface area contributed by atoms with Gasteiger partial charge in [-0.3, -0.25) is 0 Å². The van der Waals surface area contributed by atoms with Crippen LogP contribution in [0.15, 0.2) is 6.07 Å². The van der Waals surface area contributed by atoms with Crippen LogP contribution in [0.2, 0.25) is 0 Å². The summed E-state index contributed by atoms with van der Waals surface area (Å²) in [7, 11) is 3.36. The van der Waals surface area contributed by atoms with E-state index < -0.39 is 0 Å². The second kappa shape index (κ2) is 9.74. The average molecular weight is 299 g/mol. The van der Waals surface area contributed by atoms with Crippen LogP contribution >= 0.6 is 24.8 Å². The minimum atomic E-state index is 0. The molecule has 85 valence electrons. The van der Waals surface area contributed by atoms with Crippen molar-refractivity contribution in [2.45, 2.75) is 20.8 Å². The summed E-state index contributed by atoms with van der Waals surface area (Å²) in [4.78, 5) is 0. The Kier molecular flexibility index (Phi) is 16.0. The predicted molar refractivity (Wildman–Crippen MR) is 68.6 cm³/mol. The molecule has 1 N–H and O–H groups in total. The Bertz CT molecular complexity index is 280. The van der Waals surface area contributed by atoms with Crippen LogP contribution in [0.3, 0.4) is 0 Å². The largest absolute Gasteiger partial charge is 0.508 e. The third kappa shape index (κ3) is 5.41. The first-order valence-electron chi connectivity index (χ1n) is 3.55. The molecule has 0 aliphatic carbocycles. The van der Waals surface area contributed by atoms with Gasteiger partial charge >= 0.3 is 0 Å². The normalized spacial score (nSPS) is 7.47. The van der Waals surface area contributed by atoms with Gasteiger partial charge in [-0.25, -0.2) is 0 Å². The Morgan fingerprint density at radius 2 is 1.47 bits per heavy atom. The summed E-state index contributed by atoms with van der Waals surface area (Å²) in [6.07, 6.45) is 0. The first kappa shape index (κ1) is 24.7. The van der Waals surface area contributed by atoms with Crippen molar-refractivity contribution < 1.29 is 26.8 Å². The molecule has 0 amide bonds. The summed E-state index contributed by atoms with van der Waals surface area (Å²) in [6, 6.07) is 1.77. The van der Waals surface area contributed by atoms with Gasteiger partial charge < -0.3 is 12.5 Å². The molecule has 15 heavy (non-hydrogen) atoms. The fourth-order valence-corrected chi connectivity index (χ4v) is 1.32. The maximum Gasteiger partial charge on any atom is 0.114 e. The predicted octanol–water partition coefficient (Wildman–Crippen LogP) is 2.40. The van der Waals surface area contributed by atoms with Crippen molar-refractivity contribution in [3.63, 3.8) is 0 Å². The van der Waals surface area contributed by atoms with E-state index in [4.69, 9.17) is 0 Å². The van der Waals surface area contributed by atoms with Crippen LogP contribution in [0, 0.1) is 28.2 Å². The molecule has 0 atom stereocenters. The zero-order chi connectivity index (χ0) is 8.59. The molecule has 0 bridgehead atoms. The summed E-state index contributed by atoms with van der Waals surface area (Å²) in [6.45, 7) is 6.03. The van der Waals surface area contributed by atoms with E-state index in [1.165, 1.54) is 5.56 Å². The quantitative estimate of drug-likeness (QED) is 0.576. The minimum Gasteiger partial charge on any atom is -0.508 e. The van der Waals surface area contributed by atoms with E-state index in [0.29, 0.717) is 5.75 Å². The molecule has 0 aliphatic heterocycles. The molecule has 0 saturated heterocycles. The van der Waals surface area contributed by atoms with Gasteiger partial charge in [-0.15, -0.1) is 24.8 Å². The van der Waals surface area contributed by atoms with Gasteiger partial charge in [-0.05, 0) is 48.7 Å². The van der Waals surface area contributed by atoms with Gasteiger partial charge in [0.2, 0.25) is 0 Å². The molecule has 0 fully saturated rings. The Morgan fingerprint density at radius 1 is 1.07 bits per heavy atom. The van der Waals surface area contributed by atoms with Crippen molar-refractivity contribution in [3.8, 4) is 5.75 Å². The fraction of sp³-hybridized carbons (Fsp3) is 0.300. The SMILES string of the molecule is Cc1cc(O)c([Si])c(C)c1C.Cl.Cl.[CH3-].[Ti]. The summed E-state index contributed by atoms with van der Waals surface area (Å²) < 4.78 is 0. The van der Waals surface area contributed by atoms with Crippen LogP contribution in [0.25, 0.3) is 0 Å². The number of hydrogen-bond donors (Lipinski definition) is 1. The molecule has 1 aromatic rings. The van der Waals surface area contributed by atoms with Crippen LogP contribution < -0.4 is 5.19 Å². The monoisotopic (exact) mass is 298 g/mol. The Morgan fingerprint density at radius 3 is 1.87 bits per heavy atom. The van der Waals surface area contributed by atoms with Gasteiger partial charge in [0, 0.05) is 21.7 Å². The number of phenols is 1. The van der Waals surface area contributed by atoms with Gasteiger partial charge in [-0.1, -0.05) is 0 Å². The molecule has 0 saturated carbocycles. The maximum absolute atomic E-state index is 9.36. The minimum absolute atomic E-state index is 0. The number of aryl methyl sites for hydroxylation is 1. The van der Waals surface area contributed by atoms with Crippen molar-refractivity contribution in [1.29, 1.82) is 0 Å². The van der Waals surface area contributed by atoms with E-state index in [1.54, 1.807) is 6.07 Å².